The minimum atomic E-state index is -0.297. The number of rotatable bonds is 1. The molecule has 2 N–H and O–H groups in total. The summed E-state index contributed by atoms with van der Waals surface area (Å²) in [6.07, 6.45) is 0. The van der Waals surface area contributed by atoms with Crippen LogP contribution in [0.15, 0.2) is 22.6 Å². The first-order chi connectivity index (χ1) is 6.59. The summed E-state index contributed by atoms with van der Waals surface area (Å²) in [6.45, 7) is 3.52. The Balaban J connectivity index is 2.71. The highest BCUT2D eigenvalue weighted by molar-refractivity contribution is 5.79. The van der Waals surface area contributed by atoms with Gasteiger partial charge in [-0.2, -0.15) is 0 Å². The van der Waals surface area contributed by atoms with Crippen LogP contribution in [0.2, 0.25) is 0 Å². The first kappa shape index (κ1) is 9.21. The number of hydrogen-bond acceptors (Lipinski definition) is 2. The molecule has 0 aliphatic rings. The number of halogens is 1. The molecule has 3 heteroatoms. The fourth-order valence-electron chi connectivity index (χ4n) is 1.41. The average Bonchev–Trinajstić information content (AvgIpc) is 2.56. The van der Waals surface area contributed by atoms with Gasteiger partial charge in [0.05, 0.1) is 6.04 Å². The Morgan fingerprint density at radius 1 is 1.43 bits per heavy atom. The van der Waals surface area contributed by atoms with Gasteiger partial charge in [-0.25, -0.2) is 4.39 Å². The molecule has 74 valence electrons. The SMILES string of the molecule is Cc1ccc2cc(C(C)N)oc2c1F. The van der Waals surface area contributed by atoms with Gasteiger partial charge in [0.2, 0.25) is 0 Å². The Hall–Kier alpha value is -1.35. The van der Waals surface area contributed by atoms with E-state index in [9.17, 15) is 4.39 Å². The van der Waals surface area contributed by atoms with Crippen molar-refractivity contribution < 1.29 is 8.81 Å². The summed E-state index contributed by atoms with van der Waals surface area (Å²) in [4.78, 5) is 0. The molecule has 2 aromatic rings. The van der Waals surface area contributed by atoms with E-state index in [-0.39, 0.29) is 11.9 Å². The molecule has 0 saturated carbocycles. The van der Waals surface area contributed by atoms with Gasteiger partial charge in [-0.05, 0) is 25.5 Å². The molecule has 0 fully saturated rings. The lowest BCUT2D eigenvalue weighted by Crippen LogP contribution is -2.02. The summed E-state index contributed by atoms with van der Waals surface area (Å²) in [7, 11) is 0. The van der Waals surface area contributed by atoms with E-state index in [2.05, 4.69) is 0 Å². The summed E-state index contributed by atoms with van der Waals surface area (Å²) in [6, 6.07) is 5.14. The Kier molecular flexibility index (Phi) is 2.04. The fraction of sp³-hybridized carbons (Fsp3) is 0.273. The van der Waals surface area contributed by atoms with Crippen LogP contribution >= 0.6 is 0 Å². The molecular formula is C11H12FNO. The average molecular weight is 193 g/mol. The maximum Gasteiger partial charge on any atom is 0.170 e. The molecule has 0 aliphatic heterocycles. The summed E-state index contributed by atoms with van der Waals surface area (Å²) in [5.74, 6) is 0.318. The Labute approximate surface area is 81.5 Å². The van der Waals surface area contributed by atoms with E-state index in [1.807, 2.05) is 13.0 Å². The van der Waals surface area contributed by atoms with Gasteiger partial charge in [-0.3, -0.25) is 0 Å². The van der Waals surface area contributed by atoms with Crippen molar-refractivity contribution in [2.24, 2.45) is 5.73 Å². The van der Waals surface area contributed by atoms with Crippen LogP contribution in [0.5, 0.6) is 0 Å². The summed E-state index contributed by atoms with van der Waals surface area (Å²) in [5, 5.41) is 0.764. The molecule has 0 bridgehead atoms. The molecule has 1 aromatic heterocycles. The molecule has 0 spiro atoms. The highest BCUT2D eigenvalue weighted by atomic mass is 19.1. The van der Waals surface area contributed by atoms with Crippen molar-refractivity contribution in [3.8, 4) is 0 Å². The van der Waals surface area contributed by atoms with E-state index in [0.717, 1.165) is 5.39 Å². The Morgan fingerprint density at radius 2 is 2.14 bits per heavy atom. The predicted octanol–water partition coefficient (Wildman–Crippen LogP) is 2.90. The van der Waals surface area contributed by atoms with E-state index >= 15 is 0 Å². The van der Waals surface area contributed by atoms with Crippen LogP contribution in [0.25, 0.3) is 11.0 Å². The first-order valence-corrected chi connectivity index (χ1v) is 4.53. The second kappa shape index (κ2) is 3.10. The molecule has 1 atom stereocenters. The molecule has 0 saturated heterocycles. The fourth-order valence-corrected chi connectivity index (χ4v) is 1.41. The maximum atomic E-state index is 13.5. The van der Waals surface area contributed by atoms with Crippen molar-refractivity contribution in [2.75, 3.05) is 0 Å². The highest BCUT2D eigenvalue weighted by Crippen LogP contribution is 2.26. The van der Waals surface area contributed by atoms with E-state index in [4.69, 9.17) is 10.2 Å². The van der Waals surface area contributed by atoms with Crippen molar-refractivity contribution in [1.29, 1.82) is 0 Å². The monoisotopic (exact) mass is 193 g/mol. The van der Waals surface area contributed by atoms with E-state index in [0.29, 0.717) is 16.9 Å². The molecule has 1 heterocycles. The predicted molar refractivity (Wildman–Crippen MR) is 53.5 cm³/mol. The van der Waals surface area contributed by atoms with Gasteiger partial charge in [0, 0.05) is 5.39 Å². The number of benzene rings is 1. The third-order valence-electron chi connectivity index (χ3n) is 2.29. The first-order valence-electron chi connectivity index (χ1n) is 4.53. The van der Waals surface area contributed by atoms with Crippen molar-refractivity contribution in [1.82, 2.24) is 0 Å². The molecule has 0 radical (unpaired) electrons. The molecule has 2 nitrogen and oxygen atoms in total. The quantitative estimate of drug-likeness (QED) is 0.756. The van der Waals surface area contributed by atoms with Gasteiger partial charge in [-0.1, -0.05) is 12.1 Å². The minimum absolute atomic E-state index is 0.206. The largest absolute Gasteiger partial charge is 0.456 e. The zero-order chi connectivity index (χ0) is 10.3. The highest BCUT2D eigenvalue weighted by Gasteiger charge is 2.12. The van der Waals surface area contributed by atoms with Crippen LogP contribution in [-0.4, -0.2) is 0 Å². The van der Waals surface area contributed by atoms with Gasteiger partial charge in [-0.15, -0.1) is 0 Å². The van der Waals surface area contributed by atoms with Crippen molar-refractivity contribution in [3.05, 3.63) is 35.3 Å². The van der Waals surface area contributed by atoms with Crippen molar-refractivity contribution in [2.45, 2.75) is 19.9 Å². The molecule has 1 aromatic carbocycles. The second-order valence-electron chi connectivity index (χ2n) is 3.55. The van der Waals surface area contributed by atoms with Crippen LogP contribution in [0.1, 0.15) is 24.3 Å². The number of nitrogens with two attached hydrogens (primary N) is 1. The third kappa shape index (κ3) is 1.30. The van der Waals surface area contributed by atoms with Crippen molar-refractivity contribution >= 4 is 11.0 Å². The smallest absolute Gasteiger partial charge is 0.170 e. The summed E-state index contributed by atoms with van der Waals surface area (Å²) >= 11 is 0. The zero-order valence-electron chi connectivity index (χ0n) is 8.17. The standard InChI is InChI=1S/C11H12FNO/c1-6-3-4-8-5-9(7(2)13)14-11(8)10(6)12/h3-5,7H,13H2,1-2H3. The van der Waals surface area contributed by atoms with Gasteiger partial charge in [0.25, 0.3) is 0 Å². The second-order valence-corrected chi connectivity index (χ2v) is 3.55. The number of aryl methyl sites for hydroxylation is 1. The lowest BCUT2D eigenvalue weighted by molar-refractivity contribution is 0.491. The number of furan rings is 1. The molecule has 2 rings (SSSR count). The zero-order valence-corrected chi connectivity index (χ0v) is 8.17. The Bertz CT molecular complexity index is 473. The summed E-state index contributed by atoms with van der Waals surface area (Å²) < 4.78 is 18.9. The normalized spacial score (nSPS) is 13.4. The topological polar surface area (TPSA) is 39.2 Å². The van der Waals surface area contributed by atoms with Crippen LogP contribution in [-0.2, 0) is 0 Å². The van der Waals surface area contributed by atoms with E-state index in [1.165, 1.54) is 0 Å². The van der Waals surface area contributed by atoms with Crippen molar-refractivity contribution in [3.63, 3.8) is 0 Å². The van der Waals surface area contributed by atoms with Gasteiger partial charge < -0.3 is 10.2 Å². The van der Waals surface area contributed by atoms with Crippen LogP contribution < -0.4 is 5.73 Å². The lowest BCUT2D eigenvalue weighted by Gasteiger charge is -1.97. The van der Waals surface area contributed by atoms with E-state index in [1.54, 1.807) is 19.1 Å². The van der Waals surface area contributed by atoms with Crippen LogP contribution in [0.3, 0.4) is 0 Å². The maximum absolute atomic E-state index is 13.5. The van der Waals surface area contributed by atoms with Gasteiger partial charge in [0.1, 0.15) is 5.76 Å². The third-order valence-corrected chi connectivity index (χ3v) is 2.29. The lowest BCUT2D eigenvalue weighted by atomic mass is 10.1. The van der Waals surface area contributed by atoms with Gasteiger partial charge in [0.15, 0.2) is 11.4 Å². The molecule has 0 amide bonds. The molecule has 14 heavy (non-hydrogen) atoms. The van der Waals surface area contributed by atoms with Gasteiger partial charge >= 0.3 is 0 Å². The summed E-state index contributed by atoms with van der Waals surface area (Å²) in [5.41, 5.74) is 6.54. The van der Waals surface area contributed by atoms with E-state index < -0.39 is 0 Å². The van der Waals surface area contributed by atoms with Crippen LogP contribution in [0, 0.1) is 12.7 Å². The molecular weight excluding hydrogens is 181 g/mol. The Morgan fingerprint density at radius 3 is 2.79 bits per heavy atom. The van der Waals surface area contributed by atoms with Crippen LogP contribution in [0.4, 0.5) is 4.39 Å². The molecule has 0 aliphatic carbocycles. The molecule has 1 unspecified atom stereocenters. The number of hydrogen-bond donors (Lipinski definition) is 1. The minimum Gasteiger partial charge on any atom is -0.456 e. The number of fused-ring (bicyclic) bond motifs is 1.